The van der Waals surface area contributed by atoms with Crippen LogP contribution >= 0.6 is 0 Å². The topological polar surface area (TPSA) is 56.4 Å². The predicted molar refractivity (Wildman–Crippen MR) is 81.2 cm³/mol. The van der Waals surface area contributed by atoms with E-state index in [9.17, 15) is 0 Å². The van der Waals surface area contributed by atoms with Crippen molar-refractivity contribution in [2.75, 3.05) is 21.3 Å². The molecule has 1 N–H and O–H groups in total. The molecule has 0 unspecified atom stereocenters. The summed E-state index contributed by atoms with van der Waals surface area (Å²) in [6, 6.07) is 11.5. The molecule has 0 amide bonds. The molecule has 0 bridgehead atoms. The molecule has 0 saturated carbocycles. The maximum absolute atomic E-state index is 5.30. The Morgan fingerprint density at radius 2 is 1.52 bits per heavy atom. The number of ether oxygens (including phenoxy) is 3. The first-order valence-electron chi connectivity index (χ1n) is 6.51. The molecule has 0 radical (unpaired) electrons. The van der Waals surface area contributed by atoms with Gasteiger partial charge >= 0.3 is 0 Å². The SMILES string of the molecule is COc1ccc(-c2nc3cc(OC)c(OC)cc3[nH]2)cc1. The number of nitrogens with zero attached hydrogens (tertiary/aromatic N) is 1. The Hall–Kier alpha value is -2.69. The number of rotatable bonds is 4. The number of H-pyrrole nitrogens is 1. The van der Waals surface area contributed by atoms with E-state index in [0.717, 1.165) is 28.2 Å². The van der Waals surface area contributed by atoms with Gasteiger partial charge in [0.2, 0.25) is 0 Å². The van der Waals surface area contributed by atoms with Crippen LogP contribution in [0, 0.1) is 0 Å². The first-order valence-corrected chi connectivity index (χ1v) is 6.51. The van der Waals surface area contributed by atoms with Crippen LogP contribution in [0.2, 0.25) is 0 Å². The second-order valence-electron chi connectivity index (χ2n) is 4.54. The summed E-state index contributed by atoms with van der Waals surface area (Å²) in [6.07, 6.45) is 0. The van der Waals surface area contributed by atoms with Gasteiger partial charge in [0.15, 0.2) is 11.5 Å². The second kappa shape index (κ2) is 5.36. The fourth-order valence-electron chi connectivity index (χ4n) is 2.22. The predicted octanol–water partition coefficient (Wildman–Crippen LogP) is 3.26. The Balaban J connectivity index is 2.07. The number of aromatic nitrogens is 2. The summed E-state index contributed by atoms with van der Waals surface area (Å²) in [4.78, 5) is 7.88. The second-order valence-corrected chi connectivity index (χ2v) is 4.54. The van der Waals surface area contributed by atoms with Gasteiger partial charge in [0.25, 0.3) is 0 Å². The molecule has 108 valence electrons. The van der Waals surface area contributed by atoms with Crippen molar-refractivity contribution in [2.24, 2.45) is 0 Å². The molecular weight excluding hydrogens is 268 g/mol. The molecule has 5 heteroatoms. The highest BCUT2D eigenvalue weighted by Gasteiger charge is 2.11. The first kappa shape index (κ1) is 13.3. The fraction of sp³-hybridized carbons (Fsp3) is 0.188. The van der Waals surface area contributed by atoms with E-state index in [1.54, 1.807) is 21.3 Å². The third-order valence-corrected chi connectivity index (χ3v) is 3.35. The van der Waals surface area contributed by atoms with E-state index < -0.39 is 0 Å². The minimum Gasteiger partial charge on any atom is -0.497 e. The molecule has 3 rings (SSSR count). The third-order valence-electron chi connectivity index (χ3n) is 3.35. The van der Waals surface area contributed by atoms with E-state index in [-0.39, 0.29) is 0 Å². The van der Waals surface area contributed by atoms with Gasteiger partial charge < -0.3 is 19.2 Å². The van der Waals surface area contributed by atoms with Crippen LogP contribution in [0.25, 0.3) is 22.4 Å². The van der Waals surface area contributed by atoms with Gasteiger partial charge in [0.05, 0.1) is 32.4 Å². The van der Waals surface area contributed by atoms with Crippen molar-refractivity contribution in [3.63, 3.8) is 0 Å². The van der Waals surface area contributed by atoms with Crippen molar-refractivity contribution in [3.05, 3.63) is 36.4 Å². The Kier molecular flexibility index (Phi) is 3.39. The summed E-state index contributed by atoms with van der Waals surface area (Å²) < 4.78 is 15.8. The number of hydrogen-bond donors (Lipinski definition) is 1. The average molecular weight is 284 g/mol. The monoisotopic (exact) mass is 284 g/mol. The van der Waals surface area contributed by atoms with E-state index in [2.05, 4.69) is 9.97 Å². The maximum Gasteiger partial charge on any atom is 0.163 e. The van der Waals surface area contributed by atoms with Crippen LogP contribution in [-0.2, 0) is 0 Å². The number of fused-ring (bicyclic) bond motifs is 1. The van der Waals surface area contributed by atoms with E-state index in [1.165, 1.54) is 0 Å². The number of imidazole rings is 1. The van der Waals surface area contributed by atoms with Crippen LogP contribution in [0.1, 0.15) is 0 Å². The van der Waals surface area contributed by atoms with Crippen molar-refractivity contribution in [1.29, 1.82) is 0 Å². The van der Waals surface area contributed by atoms with E-state index in [4.69, 9.17) is 14.2 Å². The molecule has 0 aliphatic rings. The van der Waals surface area contributed by atoms with Gasteiger partial charge in [0.1, 0.15) is 11.6 Å². The molecule has 21 heavy (non-hydrogen) atoms. The normalized spacial score (nSPS) is 10.6. The fourth-order valence-corrected chi connectivity index (χ4v) is 2.22. The standard InChI is InChI=1S/C16H16N2O3/c1-19-11-6-4-10(5-7-11)16-17-12-8-14(20-2)15(21-3)9-13(12)18-16/h4-9H,1-3H3,(H,17,18). The first-order chi connectivity index (χ1) is 10.2. The molecule has 5 nitrogen and oxygen atoms in total. The smallest absolute Gasteiger partial charge is 0.163 e. The Morgan fingerprint density at radius 1 is 0.857 bits per heavy atom. The lowest BCUT2D eigenvalue weighted by atomic mass is 10.2. The minimum absolute atomic E-state index is 0.665. The average Bonchev–Trinajstić information content (AvgIpc) is 2.96. The van der Waals surface area contributed by atoms with Crippen molar-refractivity contribution >= 4 is 11.0 Å². The zero-order valence-corrected chi connectivity index (χ0v) is 12.1. The number of hydrogen-bond acceptors (Lipinski definition) is 4. The molecule has 3 aromatic rings. The molecule has 2 aromatic carbocycles. The van der Waals surface area contributed by atoms with Crippen molar-refractivity contribution in [2.45, 2.75) is 0 Å². The van der Waals surface area contributed by atoms with Crippen LogP contribution in [0.3, 0.4) is 0 Å². The van der Waals surface area contributed by atoms with Gasteiger partial charge in [-0.05, 0) is 24.3 Å². The number of benzene rings is 2. The summed E-state index contributed by atoms with van der Waals surface area (Å²) in [7, 11) is 4.87. The summed E-state index contributed by atoms with van der Waals surface area (Å²) in [5, 5.41) is 0. The summed E-state index contributed by atoms with van der Waals surface area (Å²) in [5.41, 5.74) is 2.72. The van der Waals surface area contributed by atoms with Crippen LogP contribution in [0.5, 0.6) is 17.2 Å². The van der Waals surface area contributed by atoms with Crippen molar-refractivity contribution in [1.82, 2.24) is 9.97 Å². The van der Waals surface area contributed by atoms with Crippen LogP contribution in [-0.4, -0.2) is 31.3 Å². The molecule has 1 aromatic heterocycles. The quantitative estimate of drug-likeness (QED) is 0.799. The lowest BCUT2D eigenvalue weighted by molar-refractivity contribution is 0.356. The summed E-state index contributed by atoms with van der Waals surface area (Å²) in [6.45, 7) is 0. The Bertz CT molecular complexity index is 722. The summed E-state index contributed by atoms with van der Waals surface area (Å²) >= 11 is 0. The maximum atomic E-state index is 5.30. The third kappa shape index (κ3) is 2.38. The Morgan fingerprint density at radius 3 is 2.14 bits per heavy atom. The lowest BCUT2D eigenvalue weighted by Crippen LogP contribution is -1.89. The molecule has 0 aliphatic heterocycles. The van der Waals surface area contributed by atoms with Crippen LogP contribution < -0.4 is 14.2 Å². The Labute approximate surface area is 122 Å². The molecule has 0 spiro atoms. The minimum atomic E-state index is 0.665. The zero-order valence-electron chi connectivity index (χ0n) is 12.1. The molecule has 0 aliphatic carbocycles. The van der Waals surface area contributed by atoms with E-state index in [1.807, 2.05) is 36.4 Å². The van der Waals surface area contributed by atoms with Gasteiger partial charge in [0, 0.05) is 17.7 Å². The molecule has 0 fully saturated rings. The molecule has 0 saturated heterocycles. The molecule has 1 heterocycles. The van der Waals surface area contributed by atoms with Crippen molar-refractivity contribution < 1.29 is 14.2 Å². The highest BCUT2D eigenvalue weighted by Crippen LogP contribution is 2.32. The summed E-state index contributed by atoms with van der Waals surface area (Å²) in [5.74, 6) is 2.95. The molecule has 0 atom stereocenters. The zero-order chi connectivity index (χ0) is 14.8. The van der Waals surface area contributed by atoms with Crippen LogP contribution in [0.15, 0.2) is 36.4 Å². The van der Waals surface area contributed by atoms with Crippen LogP contribution in [0.4, 0.5) is 0 Å². The van der Waals surface area contributed by atoms with E-state index >= 15 is 0 Å². The number of nitrogens with one attached hydrogen (secondary N) is 1. The number of aromatic amines is 1. The van der Waals surface area contributed by atoms with Crippen molar-refractivity contribution in [3.8, 4) is 28.6 Å². The highest BCUT2D eigenvalue weighted by molar-refractivity contribution is 5.83. The largest absolute Gasteiger partial charge is 0.497 e. The van der Waals surface area contributed by atoms with Gasteiger partial charge in [-0.1, -0.05) is 0 Å². The van der Waals surface area contributed by atoms with E-state index in [0.29, 0.717) is 11.5 Å². The molecular formula is C16H16N2O3. The lowest BCUT2D eigenvalue weighted by Gasteiger charge is -2.06. The highest BCUT2D eigenvalue weighted by atomic mass is 16.5. The van der Waals surface area contributed by atoms with Gasteiger partial charge in [-0.3, -0.25) is 0 Å². The van der Waals surface area contributed by atoms with Gasteiger partial charge in [-0.2, -0.15) is 0 Å². The van der Waals surface area contributed by atoms with Gasteiger partial charge in [-0.15, -0.1) is 0 Å². The number of methoxy groups -OCH3 is 3. The van der Waals surface area contributed by atoms with Gasteiger partial charge in [-0.25, -0.2) is 4.98 Å².